The number of para-hydroxylation sites is 1. The Labute approximate surface area is 194 Å². The maximum Gasteiger partial charge on any atom is 0.267 e. The summed E-state index contributed by atoms with van der Waals surface area (Å²) in [5.41, 5.74) is 0.878. The van der Waals surface area contributed by atoms with Crippen LogP contribution < -0.4 is 4.90 Å². The molecule has 6 heteroatoms. The van der Waals surface area contributed by atoms with Crippen LogP contribution in [0.1, 0.15) is 57.6 Å². The molecule has 168 valence electrons. The molecule has 1 aromatic carbocycles. The Morgan fingerprint density at radius 1 is 1.00 bits per heavy atom. The Kier molecular flexibility index (Phi) is 6.39. The van der Waals surface area contributed by atoms with Crippen LogP contribution in [0.25, 0.3) is 6.08 Å². The summed E-state index contributed by atoms with van der Waals surface area (Å²) in [6.45, 7) is 4.35. The van der Waals surface area contributed by atoms with E-state index in [4.69, 9.17) is 9.41 Å². The molecule has 0 radical (unpaired) electrons. The number of carbonyl (C=O) groups is 1. The van der Waals surface area contributed by atoms with Crippen molar-refractivity contribution >= 4 is 40.5 Å². The molecule has 3 fully saturated rings. The number of rotatable bonds is 4. The summed E-state index contributed by atoms with van der Waals surface area (Å²) in [7, 11) is 0. The number of benzene rings is 1. The molecule has 3 aliphatic rings. The fourth-order valence-electron chi connectivity index (χ4n) is 4.98. The Balaban J connectivity index is 1.44. The average Bonchev–Trinajstić information content (AvgIpc) is 3.41. The number of amidine groups is 1. The lowest BCUT2D eigenvalue weighted by Crippen LogP contribution is -2.44. The smallest absolute Gasteiger partial charge is 0.267 e. The third kappa shape index (κ3) is 4.51. The molecule has 2 atom stereocenters. The first-order chi connectivity index (χ1) is 15.7. The van der Waals surface area contributed by atoms with Gasteiger partial charge >= 0.3 is 0 Å². The van der Waals surface area contributed by atoms with E-state index in [2.05, 4.69) is 11.8 Å². The van der Waals surface area contributed by atoms with Crippen LogP contribution in [0.2, 0.25) is 0 Å². The lowest BCUT2D eigenvalue weighted by molar-refractivity contribution is -0.124. The van der Waals surface area contributed by atoms with Crippen LogP contribution in [0.3, 0.4) is 0 Å². The zero-order valence-electron chi connectivity index (χ0n) is 18.7. The van der Waals surface area contributed by atoms with Crippen molar-refractivity contribution < 1.29 is 9.21 Å². The van der Waals surface area contributed by atoms with Gasteiger partial charge in [-0.25, -0.2) is 4.99 Å². The molecule has 2 saturated heterocycles. The van der Waals surface area contributed by atoms with Crippen molar-refractivity contribution in [3.05, 3.63) is 53.1 Å². The molecule has 32 heavy (non-hydrogen) atoms. The van der Waals surface area contributed by atoms with Crippen LogP contribution in [0.5, 0.6) is 0 Å². The minimum Gasteiger partial charge on any atom is -0.441 e. The number of aliphatic imine (C=N–C) groups is 1. The van der Waals surface area contributed by atoms with E-state index in [-0.39, 0.29) is 11.9 Å². The molecule has 0 spiro atoms. The monoisotopic (exact) mass is 449 g/mol. The molecule has 3 heterocycles. The van der Waals surface area contributed by atoms with Crippen molar-refractivity contribution in [1.82, 2.24) is 4.90 Å². The molecule has 1 aliphatic carbocycles. The van der Waals surface area contributed by atoms with E-state index in [0.29, 0.717) is 10.8 Å². The van der Waals surface area contributed by atoms with Crippen molar-refractivity contribution in [2.24, 2.45) is 10.9 Å². The van der Waals surface area contributed by atoms with E-state index in [9.17, 15) is 4.79 Å². The Hall–Kier alpha value is -2.47. The highest BCUT2D eigenvalue weighted by Gasteiger charge is 2.41. The van der Waals surface area contributed by atoms with Crippen LogP contribution in [0, 0.1) is 5.92 Å². The maximum atomic E-state index is 13.6. The summed E-state index contributed by atoms with van der Waals surface area (Å²) in [5.74, 6) is 2.17. The first kappa shape index (κ1) is 21.4. The first-order valence-electron chi connectivity index (χ1n) is 11.9. The Morgan fingerprint density at radius 2 is 1.78 bits per heavy atom. The van der Waals surface area contributed by atoms with Gasteiger partial charge in [0.25, 0.3) is 5.91 Å². The highest BCUT2D eigenvalue weighted by atomic mass is 32.2. The van der Waals surface area contributed by atoms with Gasteiger partial charge in [-0.1, -0.05) is 38.0 Å². The molecule has 0 unspecified atom stereocenters. The largest absolute Gasteiger partial charge is 0.441 e. The molecule has 0 bridgehead atoms. The van der Waals surface area contributed by atoms with E-state index in [1.807, 2.05) is 53.4 Å². The van der Waals surface area contributed by atoms with Crippen LogP contribution in [0.4, 0.5) is 11.6 Å². The minimum atomic E-state index is 0.0550. The zero-order valence-corrected chi connectivity index (χ0v) is 19.5. The number of hydrogen-bond acceptors (Lipinski definition) is 5. The topological polar surface area (TPSA) is 49.1 Å². The number of nitrogens with zero attached hydrogens (tertiary/aromatic N) is 3. The summed E-state index contributed by atoms with van der Waals surface area (Å²) in [6, 6.07) is 14.1. The zero-order chi connectivity index (χ0) is 21.9. The van der Waals surface area contributed by atoms with E-state index in [1.54, 1.807) is 0 Å². The van der Waals surface area contributed by atoms with Crippen LogP contribution in [-0.2, 0) is 4.79 Å². The molecule has 1 aromatic heterocycles. The Bertz CT molecular complexity index is 1010. The number of amides is 1. The van der Waals surface area contributed by atoms with Crippen LogP contribution in [0.15, 0.2) is 56.8 Å². The normalized spacial score (nSPS) is 27.0. The molecule has 0 N–H and O–H groups in total. The second-order valence-corrected chi connectivity index (χ2v) is 10.1. The van der Waals surface area contributed by atoms with Gasteiger partial charge in [0.1, 0.15) is 5.76 Å². The summed E-state index contributed by atoms with van der Waals surface area (Å²) >= 11 is 1.47. The molecular formula is C26H31N3O2S. The van der Waals surface area contributed by atoms with Gasteiger partial charge in [-0.2, -0.15) is 0 Å². The van der Waals surface area contributed by atoms with E-state index >= 15 is 0 Å². The summed E-state index contributed by atoms with van der Waals surface area (Å²) in [6.07, 6.45) is 10.2. The van der Waals surface area contributed by atoms with Crippen molar-refractivity contribution in [3.63, 3.8) is 0 Å². The predicted octanol–water partition coefficient (Wildman–Crippen LogP) is 6.45. The summed E-state index contributed by atoms with van der Waals surface area (Å²) < 4.78 is 6.11. The van der Waals surface area contributed by atoms with Crippen molar-refractivity contribution in [1.29, 1.82) is 0 Å². The Morgan fingerprint density at radius 3 is 2.56 bits per heavy atom. The summed E-state index contributed by atoms with van der Waals surface area (Å²) in [4.78, 5) is 23.4. The van der Waals surface area contributed by atoms with Crippen molar-refractivity contribution in [3.8, 4) is 0 Å². The van der Waals surface area contributed by atoms with Crippen molar-refractivity contribution in [2.45, 2.75) is 57.9 Å². The number of thioether (sulfide) groups is 1. The lowest BCUT2D eigenvalue weighted by atomic mass is 9.85. The summed E-state index contributed by atoms with van der Waals surface area (Å²) in [5, 5.41) is 0.786. The van der Waals surface area contributed by atoms with Gasteiger partial charge < -0.3 is 9.32 Å². The molecular weight excluding hydrogens is 418 g/mol. The highest BCUT2D eigenvalue weighted by Crippen LogP contribution is 2.40. The third-order valence-electron chi connectivity index (χ3n) is 6.77. The number of hydrogen-bond donors (Lipinski definition) is 0. The van der Waals surface area contributed by atoms with Crippen LogP contribution in [-0.4, -0.2) is 35.1 Å². The third-order valence-corrected chi connectivity index (χ3v) is 7.75. The lowest BCUT2D eigenvalue weighted by Gasteiger charge is -2.35. The predicted molar refractivity (Wildman–Crippen MR) is 132 cm³/mol. The molecule has 2 aromatic rings. The van der Waals surface area contributed by atoms with Gasteiger partial charge in [-0.15, -0.1) is 0 Å². The molecule has 1 amide bonds. The van der Waals surface area contributed by atoms with E-state index in [1.165, 1.54) is 43.9 Å². The first-order valence-corrected chi connectivity index (χ1v) is 12.7. The van der Waals surface area contributed by atoms with Gasteiger partial charge in [0, 0.05) is 31.3 Å². The second-order valence-electron chi connectivity index (χ2n) is 9.07. The second kappa shape index (κ2) is 9.57. The number of anilines is 1. The fraction of sp³-hybridized carbons (Fsp3) is 0.462. The quantitative estimate of drug-likeness (QED) is 0.503. The minimum absolute atomic E-state index is 0.0550. The molecule has 5 rings (SSSR count). The van der Waals surface area contributed by atoms with E-state index < -0.39 is 0 Å². The fourth-order valence-corrected chi connectivity index (χ4v) is 6.01. The van der Waals surface area contributed by atoms with Gasteiger partial charge in [0.15, 0.2) is 11.1 Å². The van der Waals surface area contributed by atoms with Gasteiger partial charge in [-0.05, 0) is 68.0 Å². The standard InChI is InChI=1S/C26H31N3O2S/c1-19-10-6-7-13-22(19)29-25(30)23(32-26(29)27-20-11-4-2-5-12-20)18-21-14-15-24(31-21)28-16-8-3-9-17-28/h2,4-5,11-12,14-15,18-19,22H,3,6-10,13,16-17H2,1H3/b23-18-,27-26?/t19-,22-/m0/s1. The van der Waals surface area contributed by atoms with Crippen molar-refractivity contribution in [2.75, 3.05) is 18.0 Å². The van der Waals surface area contributed by atoms with Gasteiger partial charge in [0.05, 0.1) is 10.6 Å². The molecule has 1 saturated carbocycles. The number of carbonyl (C=O) groups excluding carboxylic acids is 1. The number of piperidine rings is 1. The maximum absolute atomic E-state index is 13.6. The highest BCUT2D eigenvalue weighted by molar-refractivity contribution is 8.18. The SMILES string of the molecule is C[C@H]1CCCC[C@@H]1N1C(=O)/C(=C/c2ccc(N3CCCCC3)o2)SC1=Nc1ccccc1. The molecule has 2 aliphatic heterocycles. The number of furan rings is 1. The average molecular weight is 450 g/mol. The van der Waals surface area contributed by atoms with Gasteiger partial charge in [0.2, 0.25) is 0 Å². The van der Waals surface area contributed by atoms with Crippen LogP contribution >= 0.6 is 11.8 Å². The van der Waals surface area contributed by atoms with E-state index in [0.717, 1.165) is 48.4 Å². The molecule has 5 nitrogen and oxygen atoms in total. The van der Waals surface area contributed by atoms with Gasteiger partial charge in [-0.3, -0.25) is 9.69 Å².